The zero-order valence-corrected chi connectivity index (χ0v) is 5.78. The molecule has 2 aromatic heterocycles. The van der Waals surface area contributed by atoms with Gasteiger partial charge in [0.15, 0.2) is 17.4 Å². The molecule has 2 aromatic rings. The molecule has 3 nitrogen and oxygen atoms in total. The van der Waals surface area contributed by atoms with Crippen molar-refractivity contribution in [1.82, 2.24) is 4.98 Å². The van der Waals surface area contributed by atoms with Gasteiger partial charge in [-0.2, -0.15) is 0 Å². The molecule has 0 spiro atoms. The summed E-state index contributed by atoms with van der Waals surface area (Å²) in [5.41, 5.74) is 0. The largest absolute Gasteiger partial charge is 0.461 e. The van der Waals surface area contributed by atoms with Crippen LogP contribution in [0, 0.1) is 6.92 Å². The maximum atomic E-state index is 5.11. The van der Waals surface area contributed by atoms with Crippen LogP contribution in [0.5, 0.6) is 0 Å². The van der Waals surface area contributed by atoms with Crippen LogP contribution in [0.3, 0.4) is 0 Å². The van der Waals surface area contributed by atoms with Crippen LogP contribution in [0.1, 0.15) is 5.89 Å². The number of oxazole rings is 1. The molecule has 0 aliphatic heterocycles. The van der Waals surface area contributed by atoms with Crippen LogP contribution in [-0.2, 0) is 0 Å². The summed E-state index contributed by atoms with van der Waals surface area (Å²) in [4.78, 5) is 3.83. The molecule has 0 aliphatic rings. The number of rotatable bonds is 1. The highest BCUT2D eigenvalue weighted by molar-refractivity contribution is 5.47. The van der Waals surface area contributed by atoms with Gasteiger partial charge in [0.05, 0.1) is 12.5 Å². The SMILES string of the molecule is [CH2]c1ncc(-c2ccco2)o1. The standard InChI is InChI=1S/C8H6NO2/c1-6-9-5-8(11-6)7-3-2-4-10-7/h2-5H,1H2. The molecule has 0 aromatic carbocycles. The molecule has 0 bridgehead atoms. The smallest absolute Gasteiger partial charge is 0.195 e. The van der Waals surface area contributed by atoms with Crippen molar-refractivity contribution in [2.75, 3.05) is 0 Å². The van der Waals surface area contributed by atoms with Crippen molar-refractivity contribution in [3.05, 3.63) is 37.4 Å². The van der Waals surface area contributed by atoms with Gasteiger partial charge in [0.2, 0.25) is 0 Å². The third-order valence-corrected chi connectivity index (χ3v) is 1.32. The zero-order chi connectivity index (χ0) is 7.68. The van der Waals surface area contributed by atoms with Crippen LogP contribution < -0.4 is 0 Å². The second kappa shape index (κ2) is 2.27. The third kappa shape index (κ3) is 1.05. The van der Waals surface area contributed by atoms with Crippen molar-refractivity contribution in [3.8, 4) is 11.5 Å². The summed E-state index contributed by atoms with van der Waals surface area (Å²) in [6, 6.07) is 3.60. The Kier molecular flexibility index (Phi) is 1.28. The molecular formula is C8H6NO2. The van der Waals surface area contributed by atoms with E-state index in [0.717, 1.165) is 0 Å². The second-order valence-corrected chi connectivity index (χ2v) is 2.10. The summed E-state index contributed by atoms with van der Waals surface area (Å²) in [7, 11) is 0. The van der Waals surface area contributed by atoms with Crippen molar-refractivity contribution < 1.29 is 8.83 Å². The van der Waals surface area contributed by atoms with Crippen molar-refractivity contribution >= 4 is 0 Å². The van der Waals surface area contributed by atoms with Gasteiger partial charge in [0.25, 0.3) is 0 Å². The van der Waals surface area contributed by atoms with E-state index < -0.39 is 0 Å². The highest BCUT2D eigenvalue weighted by Gasteiger charge is 2.04. The molecule has 0 amide bonds. The van der Waals surface area contributed by atoms with Gasteiger partial charge in [-0.25, -0.2) is 4.98 Å². The van der Waals surface area contributed by atoms with Crippen LogP contribution in [0.2, 0.25) is 0 Å². The van der Waals surface area contributed by atoms with E-state index in [-0.39, 0.29) is 0 Å². The first kappa shape index (κ1) is 6.22. The summed E-state index contributed by atoms with van der Waals surface area (Å²) >= 11 is 0. The lowest BCUT2D eigenvalue weighted by Crippen LogP contribution is -1.63. The van der Waals surface area contributed by atoms with Gasteiger partial charge in [-0.15, -0.1) is 0 Å². The maximum Gasteiger partial charge on any atom is 0.195 e. The van der Waals surface area contributed by atoms with Gasteiger partial charge in [0.1, 0.15) is 0 Å². The van der Waals surface area contributed by atoms with Crippen molar-refractivity contribution in [1.29, 1.82) is 0 Å². The Morgan fingerprint density at radius 3 is 2.82 bits per heavy atom. The van der Waals surface area contributed by atoms with Gasteiger partial charge in [-0.05, 0) is 12.1 Å². The summed E-state index contributed by atoms with van der Waals surface area (Å²) in [6.45, 7) is 3.53. The third-order valence-electron chi connectivity index (χ3n) is 1.32. The summed E-state index contributed by atoms with van der Waals surface area (Å²) < 4.78 is 10.2. The number of furan rings is 1. The fourth-order valence-corrected chi connectivity index (χ4v) is 0.843. The molecule has 0 fully saturated rings. The summed E-state index contributed by atoms with van der Waals surface area (Å²) in [6.07, 6.45) is 3.17. The summed E-state index contributed by atoms with van der Waals surface area (Å²) in [5, 5.41) is 0. The Hall–Kier alpha value is -1.51. The minimum Gasteiger partial charge on any atom is -0.461 e. The Morgan fingerprint density at radius 1 is 1.36 bits per heavy atom. The molecule has 11 heavy (non-hydrogen) atoms. The van der Waals surface area contributed by atoms with Crippen molar-refractivity contribution in [3.63, 3.8) is 0 Å². The average molecular weight is 148 g/mol. The van der Waals surface area contributed by atoms with Gasteiger partial charge in [-0.1, -0.05) is 0 Å². The molecule has 0 saturated heterocycles. The first-order valence-corrected chi connectivity index (χ1v) is 3.18. The molecule has 3 heteroatoms. The Balaban J connectivity index is 2.45. The highest BCUT2D eigenvalue weighted by Crippen LogP contribution is 2.19. The predicted molar refractivity (Wildman–Crippen MR) is 38.7 cm³/mol. The number of nitrogens with zero attached hydrogens (tertiary/aromatic N) is 1. The van der Waals surface area contributed by atoms with Gasteiger partial charge >= 0.3 is 0 Å². The van der Waals surface area contributed by atoms with E-state index >= 15 is 0 Å². The van der Waals surface area contributed by atoms with Gasteiger partial charge in [-0.3, -0.25) is 0 Å². The number of hydrogen-bond donors (Lipinski definition) is 0. The average Bonchev–Trinajstić information content (AvgIpc) is 2.55. The topological polar surface area (TPSA) is 39.2 Å². The first-order chi connectivity index (χ1) is 5.36. The number of hydrogen-bond acceptors (Lipinski definition) is 3. The predicted octanol–water partition coefficient (Wildman–Crippen LogP) is 2.12. The second-order valence-electron chi connectivity index (χ2n) is 2.10. The first-order valence-electron chi connectivity index (χ1n) is 3.18. The van der Waals surface area contributed by atoms with Crippen LogP contribution in [0.4, 0.5) is 0 Å². The van der Waals surface area contributed by atoms with E-state index in [1.54, 1.807) is 24.6 Å². The van der Waals surface area contributed by atoms with E-state index in [4.69, 9.17) is 8.83 Å². The van der Waals surface area contributed by atoms with E-state index in [1.165, 1.54) is 0 Å². The minimum absolute atomic E-state index is 0.399. The minimum atomic E-state index is 0.399. The Bertz CT molecular complexity index is 335. The Labute approximate surface area is 63.7 Å². The van der Waals surface area contributed by atoms with E-state index in [0.29, 0.717) is 17.4 Å². The fourth-order valence-electron chi connectivity index (χ4n) is 0.843. The van der Waals surface area contributed by atoms with Crippen molar-refractivity contribution in [2.45, 2.75) is 0 Å². The van der Waals surface area contributed by atoms with Crippen LogP contribution in [-0.4, -0.2) is 4.98 Å². The molecule has 0 saturated carbocycles. The van der Waals surface area contributed by atoms with Crippen LogP contribution in [0.25, 0.3) is 11.5 Å². The lowest BCUT2D eigenvalue weighted by Gasteiger charge is -1.84. The molecule has 2 rings (SSSR count). The lowest BCUT2D eigenvalue weighted by atomic mass is 10.4. The monoisotopic (exact) mass is 148 g/mol. The normalized spacial score (nSPS) is 10.3. The quantitative estimate of drug-likeness (QED) is 0.621. The van der Waals surface area contributed by atoms with Gasteiger partial charge < -0.3 is 8.83 Å². The molecule has 0 N–H and O–H groups in total. The van der Waals surface area contributed by atoms with Gasteiger partial charge in [0, 0.05) is 6.92 Å². The van der Waals surface area contributed by atoms with E-state index in [1.807, 2.05) is 0 Å². The van der Waals surface area contributed by atoms with E-state index in [9.17, 15) is 0 Å². The molecule has 0 unspecified atom stereocenters. The summed E-state index contributed by atoms with van der Waals surface area (Å²) in [5.74, 6) is 1.68. The molecule has 2 heterocycles. The molecular weight excluding hydrogens is 142 g/mol. The zero-order valence-electron chi connectivity index (χ0n) is 5.78. The molecule has 0 aliphatic carbocycles. The Morgan fingerprint density at radius 2 is 2.27 bits per heavy atom. The van der Waals surface area contributed by atoms with E-state index in [2.05, 4.69) is 11.9 Å². The lowest BCUT2D eigenvalue weighted by molar-refractivity contribution is 0.510. The molecule has 1 radical (unpaired) electrons. The molecule has 0 atom stereocenters. The van der Waals surface area contributed by atoms with Crippen molar-refractivity contribution in [2.24, 2.45) is 0 Å². The van der Waals surface area contributed by atoms with Crippen LogP contribution >= 0.6 is 0 Å². The van der Waals surface area contributed by atoms with Crippen LogP contribution in [0.15, 0.2) is 33.4 Å². The fraction of sp³-hybridized carbons (Fsp3) is 0. The molecule has 55 valence electrons. The maximum absolute atomic E-state index is 5.11. The number of aromatic nitrogens is 1. The highest BCUT2D eigenvalue weighted by atomic mass is 16.4.